The van der Waals surface area contributed by atoms with Crippen LogP contribution in [0, 0.1) is 12.3 Å². The Morgan fingerprint density at radius 1 is 1.36 bits per heavy atom. The molecular formula is C17H30N4O. The summed E-state index contributed by atoms with van der Waals surface area (Å²) in [6.45, 7) is 8.78. The number of H-pyrrole nitrogens is 1. The number of hydrogen-bond donors (Lipinski definition) is 2. The highest BCUT2D eigenvalue weighted by atomic mass is 16.3. The van der Waals surface area contributed by atoms with E-state index in [1.807, 2.05) is 0 Å². The number of aliphatic hydroxyl groups is 1. The van der Waals surface area contributed by atoms with E-state index in [2.05, 4.69) is 35.7 Å². The molecule has 0 saturated carbocycles. The number of nitrogens with zero attached hydrogens (tertiary/aromatic N) is 3. The van der Waals surface area contributed by atoms with Crippen LogP contribution in [0.2, 0.25) is 0 Å². The second kappa shape index (κ2) is 6.30. The maximum atomic E-state index is 9.99. The molecule has 5 nitrogen and oxygen atoms in total. The topological polar surface area (TPSA) is 55.4 Å². The summed E-state index contributed by atoms with van der Waals surface area (Å²) >= 11 is 0. The monoisotopic (exact) mass is 306 g/mol. The SMILES string of the molecule is CCc1nc(CN2CC[C@@]3(CO)CCCN(C)[C@@H]3C2)c(C)[nH]1. The minimum Gasteiger partial charge on any atom is -0.396 e. The van der Waals surface area contributed by atoms with E-state index >= 15 is 0 Å². The van der Waals surface area contributed by atoms with Crippen molar-refractivity contribution in [3.05, 3.63) is 17.2 Å². The molecule has 2 atom stereocenters. The van der Waals surface area contributed by atoms with Crippen LogP contribution in [0.1, 0.15) is 43.4 Å². The number of piperidine rings is 2. The first-order valence-electron chi connectivity index (χ1n) is 8.66. The second-order valence-corrected chi connectivity index (χ2v) is 7.21. The number of nitrogens with one attached hydrogen (secondary N) is 1. The van der Waals surface area contributed by atoms with Crippen LogP contribution in [0.4, 0.5) is 0 Å². The smallest absolute Gasteiger partial charge is 0.106 e. The zero-order valence-electron chi connectivity index (χ0n) is 14.2. The van der Waals surface area contributed by atoms with E-state index in [0.29, 0.717) is 12.6 Å². The van der Waals surface area contributed by atoms with Crippen LogP contribution in [-0.4, -0.2) is 64.2 Å². The molecule has 1 aromatic rings. The van der Waals surface area contributed by atoms with Crippen molar-refractivity contribution < 1.29 is 5.11 Å². The van der Waals surface area contributed by atoms with Crippen LogP contribution in [0.3, 0.4) is 0 Å². The van der Waals surface area contributed by atoms with E-state index in [1.165, 1.54) is 24.2 Å². The Morgan fingerprint density at radius 3 is 2.86 bits per heavy atom. The molecule has 0 spiro atoms. The summed E-state index contributed by atoms with van der Waals surface area (Å²) in [4.78, 5) is 13.1. The van der Waals surface area contributed by atoms with Gasteiger partial charge in [0.2, 0.25) is 0 Å². The van der Waals surface area contributed by atoms with E-state index in [0.717, 1.165) is 44.8 Å². The molecule has 1 aromatic heterocycles. The van der Waals surface area contributed by atoms with E-state index in [9.17, 15) is 5.11 Å². The van der Waals surface area contributed by atoms with E-state index in [4.69, 9.17) is 4.98 Å². The van der Waals surface area contributed by atoms with Gasteiger partial charge in [-0.1, -0.05) is 6.92 Å². The summed E-state index contributed by atoms with van der Waals surface area (Å²) in [5.74, 6) is 1.09. The lowest BCUT2D eigenvalue weighted by atomic mass is 9.69. The van der Waals surface area contributed by atoms with Gasteiger partial charge in [-0.15, -0.1) is 0 Å². The van der Waals surface area contributed by atoms with E-state index in [-0.39, 0.29) is 5.41 Å². The summed E-state index contributed by atoms with van der Waals surface area (Å²) in [6.07, 6.45) is 4.45. The van der Waals surface area contributed by atoms with Gasteiger partial charge in [0.25, 0.3) is 0 Å². The van der Waals surface area contributed by atoms with Crippen molar-refractivity contribution in [3.8, 4) is 0 Å². The predicted molar refractivity (Wildman–Crippen MR) is 87.8 cm³/mol. The van der Waals surface area contributed by atoms with Crippen LogP contribution in [0.25, 0.3) is 0 Å². The fourth-order valence-electron chi connectivity index (χ4n) is 4.32. The van der Waals surface area contributed by atoms with Crippen LogP contribution < -0.4 is 0 Å². The first-order valence-corrected chi connectivity index (χ1v) is 8.66. The Balaban J connectivity index is 1.71. The number of aromatic nitrogens is 2. The normalized spacial score (nSPS) is 30.5. The molecule has 0 bridgehead atoms. The zero-order chi connectivity index (χ0) is 15.7. The van der Waals surface area contributed by atoms with Gasteiger partial charge in [0, 0.05) is 36.7 Å². The zero-order valence-corrected chi connectivity index (χ0v) is 14.2. The Kier molecular flexibility index (Phi) is 4.57. The molecular weight excluding hydrogens is 276 g/mol. The third kappa shape index (κ3) is 2.82. The largest absolute Gasteiger partial charge is 0.396 e. The summed E-state index contributed by atoms with van der Waals surface area (Å²) in [5, 5.41) is 9.99. The molecule has 0 radical (unpaired) electrons. The quantitative estimate of drug-likeness (QED) is 0.886. The summed E-state index contributed by atoms with van der Waals surface area (Å²) in [7, 11) is 2.21. The Labute approximate surface area is 133 Å². The highest BCUT2D eigenvalue weighted by Crippen LogP contribution is 2.41. The Hall–Kier alpha value is -0.910. The summed E-state index contributed by atoms with van der Waals surface area (Å²) in [5.41, 5.74) is 2.51. The van der Waals surface area contributed by atoms with Gasteiger partial charge in [0.15, 0.2) is 0 Å². The minimum atomic E-state index is 0.124. The molecule has 2 N–H and O–H groups in total. The minimum absolute atomic E-state index is 0.124. The molecule has 0 aromatic carbocycles. The molecule has 22 heavy (non-hydrogen) atoms. The average Bonchev–Trinajstić information content (AvgIpc) is 2.88. The lowest BCUT2D eigenvalue weighted by Gasteiger charge is -2.53. The van der Waals surface area contributed by atoms with Crippen molar-refractivity contribution in [1.82, 2.24) is 19.8 Å². The lowest BCUT2D eigenvalue weighted by molar-refractivity contribution is -0.0686. The molecule has 0 aliphatic carbocycles. The maximum Gasteiger partial charge on any atom is 0.106 e. The third-order valence-corrected chi connectivity index (χ3v) is 5.84. The van der Waals surface area contributed by atoms with Gasteiger partial charge in [-0.25, -0.2) is 4.98 Å². The molecule has 3 heterocycles. The van der Waals surface area contributed by atoms with Crippen LogP contribution in [0.5, 0.6) is 0 Å². The Morgan fingerprint density at radius 2 is 2.18 bits per heavy atom. The first-order chi connectivity index (χ1) is 10.6. The molecule has 3 rings (SSSR count). The lowest BCUT2D eigenvalue weighted by Crippen LogP contribution is -2.61. The molecule has 5 heteroatoms. The number of imidazole rings is 1. The average molecular weight is 306 g/mol. The first kappa shape index (κ1) is 16.0. The fraction of sp³-hybridized carbons (Fsp3) is 0.824. The van der Waals surface area contributed by atoms with Crippen molar-refractivity contribution >= 4 is 0 Å². The van der Waals surface area contributed by atoms with E-state index in [1.54, 1.807) is 0 Å². The van der Waals surface area contributed by atoms with Gasteiger partial charge in [-0.2, -0.15) is 0 Å². The van der Waals surface area contributed by atoms with Crippen molar-refractivity contribution in [2.75, 3.05) is 33.3 Å². The summed E-state index contributed by atoms with van der Waals surface area (Å²) < 4.78 is 0. The number of aromatic amines is 1. The highest BCUT2D eigenvalue weighted by Gasteiger charge is 2.46. The molecule has 0 unspecified atom stereocenters. The standard InChI is InChI=1S/C17H30N4O/c1-4-16-18-13(2)14(19-16)10-21-9-7-17(12-22)6-5-8-20(3)15(17)11-21/h15,22H,4-12H2,1-3H3,(H,18,19)/t15-,17-/m1/s1. The molecule has 124 valence electrons. The molecule has 2 aliphatic heterocycles. The van der Waals surface area contributed by atoms with Crippen LogP contribution >= 0.6 is 0 Å². The molecule has 0 amide bonds. The molecule has 2 saturated heterocycles. The second-order valence-electron chi connectivity index (χ2n) is 7.21. The number of likely N-dealkylation sites (N-methyl/N-ethyl adjacent to an activating group) is 1. The van der Waals surface area contributed by atoms with Crippen molar-refractivity contribution in [3.63, 3.8) is 0 Å². The van der Waals surface area contributed by atoms with E-state index < -0.39 is 0 Å². The number of hydrogen-bond acceptors (Lipinski definition) is 4. The molecule has 2 fully saturated rings. The van der Waals surface area contributed by atoms with Gasteiger partial charge in [-0.3, -0.25) is 4.90 Å². The highest BCUT2D eigenvalue weighted by molar-refractivity contribution is 5.13. The van der Waals surface area contributed by atoms with Crippen molar-refractivity contribution in [1.29, 1.82) is 0 Å². The fourth-order valence-corrected chi connectivity index (χ4v) is 4.32. The number of rotatable bonds is 4. The van der Waals surface area contributed by atoms with Gasteiger partial charge in [-0.05, 0) is 46.3 Å². The van der Waals surface area contributed by atoms with Crippen molar-refractivity contribution in [2.45, 2.75) is 52.1 Å². The number of fused-ring (bicyclic) bond motifs is 1. The third-order valence-electron chi connectivity index (χ3n) is 5.84. The summed E-state index contributed by atoms with van der Waals surface area (Å²) in [6, 6.07) is 0.477. The van der Waals surface area contributed by atoms with Gasteiger partial charge in [0.1, 0.15) is 5.82 Å². The number of aryl methyl sites for hydroxylation is 2. The van der Waals surface area contributed by atoms with Crippen LogP contribution in [0.15, 0.2) is 0 Å². The van der Waals surface area contributed by atoms with Crippen LogP contribution in [-0.2, 0) is 13.0 Å². The molecule has 2 aliphatic rings. The van der Waals surface area contributed by atoms with Gasteiger partial charge < -0.3 is 15.0 Å². The van der Waals surface area contributed by atoms with Gasteiger partial charge in [0.05, 0.1) is 12.3 Å². The number of aliphatic hydroxyl groups excluding tert-OH is 1. The maximum absolute atomic E-state index is 9.99. The van der Waals surface area contributed by atoms with Gasteiger partial charge >= 0.3 is 0 Å². The number of likely N-dealkylation sites (tertiary alicyclic amines) is 2. The predicted octanol–water partition coefficient (Wildman–Crippen LogP) is 1.56. The Bertz CT molecular complexity index is 515. The van der Waals surface area contributed by atoms with Crippen molar-refractivity contribution in [2.24, 2.45) is 5.41 Å².